The van der Waals surface area contributed by atoms with Crippen LogP contribution >= 0.6 is 11.6 Å². The highest BCUT2D eigenvalue weighted by Gasteiger charge is 2.29. The Balaban J connectivity index is 1.62. The number of nitrogens with zero attached hydrogens (tertiary/aromatic N) is 2. The first-order valence-electron chi connectivity index (χ1n) is 6.53. The molecule has 5 nitrogen and oxygen atoms in total. The topological polar surface area (TPSA) is 63.6 Å². The largest absolute Gasteiger partial charge is 0.382 e. The maximum atomic E-state index is 12.9. The van der Waals surface area contributed by atoms with Gasteiger partial charge < -0.3 is 10.2 Å². The molecule has 0 bridgehead atoms. The Hall–Kier alpha value is -2.47. The second kappa shape index (κ2) is 6.11. The van der Waals surface area contributed by atoms with Crippen LogP contribution in [0.3, 0.4) is 0 Å². The fourth-order valence-corrected chi connectivity index (χ4v) is 2.10. The molecule has 2 aromatic rings. The van der Waals surface area contributed by atoms with E-state index in [2.05, 4.69) is 15.5 Å². The van der Waals surface area contributed by atoms with Crippen molar-refractivity contribution in [2.24, 2.45) is 5.16 Å². The zero-order valence-electron chi connectivity index (χ0n) is 11.3. The smallest absolute Gasteiger partial charge is 0.269 e. The Morgan fingerprint density at radius 3 is 2.73 bits per heavy atom. The summed E-state index contributed by atoms with van der Waals surface area (Å²) in [6.07, 6.45) is 1.01. The molecule has 2 heterocycles. The zero-order valence-corrected chi connectivity index (χ0v) is 12.0. The Morgan fingerprint density at radius 1 is 1.27 bits per heavy atom. The highest BCUT2D eigenvalue weighted by Crippen LogP contribution is 2.18. The standard InChI is InChI=1S/C15H11ClFN3O2/c16-10-3-6-14(18-8-10)19-15(21)13-7-12(20-22-13)9-1-4-11(17)5-2-9/h1-6,8,13H,7H2,(H,18,19,21). The van der Waals surface area contributed by atoms with Gasteiger partial charge in [-0.05, 0) is 29.8 Å². The summed E-state index contributed by atoms with van der Waals surface area (Å²) in [4.78, 5) is 21.2. The summed E-state index contributed by atoms with van der Waals surface area (Å²) in [6, 6.07) is 9.08. The van der Waals surface area contributed by atoms with Crippen LogP contribution in [0.1, 0.15) is 12.0 Å². The first kappa shape index (κ1) is 14.5. The lowest BCUT2D eigenvalue weighted by atomic mass is 10.0. The summed E-state index contributed by atoms with van der Waals surface area (Å²) >= 11 is 5.73. The van der Waals surface area contributed by atoms with Gasteiger partial charge in [-0.3, -0.25) is 4.79 Å². The number of nitrogens with one attached hydrogen (secondary N) is 1. The van der Waals surface area contributed by atoms with Gasteiger partial charge in [0.1, 0.15) is 11.6 Å². The minimum absolute atomic E-state index is 0.311. The number of rotatable bonds is 3. The Labute approximate surface area is 130 Å². The van der Waals surface area contributed by atoms with Gasteiger partial charge in [-0.2, -0.15) is 0 Å². The minimum Gasteiger partial charge on any atom is -0.382 e. The predicted molar refractivity (Wildman–Crippen MR) is 80.3 cm³/mol. The number of amides is 1. The molecule has 1 N–H and O–H groups in total. The second-order valence-electron chi connectivity index (χ2n) is 4.69. The summed E-state index contributed by atoms with van der Waals surface area (Å²) in [5.74, 6) is -0.296. The van der Waals surface area contributed by atoms with Crippen LogP contribution in [0.2, 0.25) is 5.02 Å². The predicted octanol–water partition coefficient (Wildman–Crippen LogP) is 3.01. The molecule has 22 heavy (non-hydrogen) atoms. The van der Waals surface area contributed by atoms with E-state index in [1.54, 1.807) is 24.3 Å². The summed E-state index contributed by atoms with van der Waals surface area (Å²) in [7, 11) is 0. The molecule has 3 rings (SSSR count). The molecule has 1 atom stereocenters. The number of benzene rings is 1. The Kier molecular flexibility index (Phi) is 4.02. The van der Waals surface area contributed by atoms with Crippen molar-refractivity contribution in [1.82, 2.24) is 4.98 Å². The fourth-order valence-electron chi connectivity index (χ4n) is 1.99. The van der Waals surface area contributed by atoms with Crippen LogP contribution in [0.4, 0.5) is 10.2 Å². The van der Waals surface area contributed by atoms with Crippen molar-refractivity contribution in [3.8, 4) is 0 Å². The lowest BCUT2D eigenvalue weighted by Gasteiger charge is -2.08. The van der Waals surface area contributed by atoms with Crippen LogP contribution in [-0.2, 0) is 9.63 Å². The lowest BCUT2D eigenvalue weighted by molar-refractivity contribution is -0.125. The van der Waals surface area contributed by atoms with Gasteiger partial charge in [-0.25, -0.2) is 9.37 Å². The number of aromatic nitrogens is 1. The Bertz CT molecular complexity index is 717. The number of hydrogen-bond acceptors (Lipinski definition) is 4. The van der Waals surface area contributed by atoms with Crippen LogP contribution in [-0.4, -0.2) is 22.7 Å². The minimum atomic E-state index is -0.738. The number of carbonyl (C=O) groups is 1. The molecule has 0 fully saturated rings. The number of oxime groups is 1. The first-order valence-corrected chi connectivity index (χ1v) is 6.90. The van der Waals surface area contributed by atoms with Gasteiger partial charge in [0.05, 0.1) is 10.7 Å². The molecule has 0 spiro atoms. The van der Waals surface area contributed by atoms with Crippen molar-refractivity contribution in [1.29, 1.82) is 0 Å². The van der Waals surface area contributed by atoms with Gasteiger partial charge in [-0.15, -0.1) is 0 Å². The van der Waals surface area contributed by atoms with E-state index in [0.717, 1.165) is 5.56 Å². The molecular formula is C15H11ClFN3O2. The highest BCUT2D eigenvalue weighted by molar-refractivity contribution is 6.30. The summed E-state index contributed by atoms with van der Waals surface area (Å²) in [5.41, 5.74) is 1.32. The van der Waals surface area contributed by atoms with Gasteiger partial charge in [0.2, 0.25) is 6.10 Å². The first-order chi connectivity index (χ1) is 10.6. The molecule has 7 heteroatoms. The fraction of sp³-hybridized carbons (Fsp3) is 0.133. The van der Waals surface area contributed by atoms with Gasteiger partial charge in [0, 0.05) is 12.6 Å². The quantitative estimate of drug-likeness (QED) is 0.946. The van der Waals surface area contributed by atoms with Gasteiger partial charge >= 0.3 is 0 Å². The third-order valence-electron chi connectivity index (χ3n) is 3.12. The molecule has 0 saturated heterocycles. The van der Waals surface area contributed by atoms with E-state index >= 15 is 0 Å². The molecule has 112 valence electrons. The van der Waals surface area contributed by atoms with E-state index in [1.165, 1.54) is 18.3 Å². The monoisotopic (exact) mass is 319 g/mol. The van der Waals surface area contributed by atoms with Gasteiger partial charge in [-0.1, -0.05) is 28.9 Å². The molecule has 0 radical (unpaired) electrons. The maximum Gasteiger partial charge on any atom is 0.269 e. The van der Waals surface area contributed by atoms with Crippen molar-refractivity contribution in [2.75, 3.05) is 5.32 Å². The van der Waals surface area contributed by atoms with E-state index < -0.39 is 6.10 Å². The molecule has 1 amide bonds. The number of anilines is 1. The molecule has 1 aromatic heterocycles. The summed E-state index contributed by atoms with van der Waals surface area (Å²) in [6.45, 7) is 0. The average Bonchev–Trinajstić information content (AvgIpc) is 3.00. The Morgan fingerprint density at radius 2 is 2.05 bits per heavy atom. The van der Waals surface area contributed by atoms with Crippen molar-refractivity contribution in [3.05, 3.63) is 59.0 Å². The number of pyridine rings is 1. The highest BCUT2D eigenvalue weighted by atomic mass is 35.5. The van der Waals surface area contributed by atoms with E-state index in [9.17, 15) is 9.18 Å². The molecule has 1 aliphatic rings. The van der Waals surface area contributed by atoms with E-state index in [1.807, 2.05) is 0 Å². The lowest BCUT2D eigenvalue weighted by Crippen LogP contribution is -2.28. The van der Waals surface area contributed by atoms with Crippen LogP contribution in [0.25, 0.3) is 0 Å². The van der Waals surface area contributed by atoms with Crippen molar-refractivity contribution < 1.29 is 14.0 Å². The molecule has 0 aliphatic carbocycles. The number of carbonyl (C=O) groups excluding carboxylic acids is 1. The molecule has 1 aromatic carbocycles. The number of hydrogen-bond donors (Lipinski definition) is 1. The van der Waals surface area contributed by atoms with Crippen LogP contribution in [0.5, 0.6) is 0 Å². The van der Waals surface area contributed by atoms with E-state index in [-0.39, 0.29) is 11.7 Å². The average molecular weight is 320 g/mol. The van der Waals surface area contributed by atoms with Crippen LogP contribution in [0.15, 0.2) is 47.8 Å². The molecular weight excluding hydrogens is 309 g/mol. The summed E-state index contributed by atoms with van der Waals surface area (Å²) in [5, 5.41) is 6.99. The van der Waals surface area contributed by atoms with Crippen molar-refractivity contribution in [3.63, 3.8) is 0 Å². The van der Waals surface area contributed by atoms with Crippen molar-refractivity contribution >= 4 is 29.0 Å². The SMILES string of the molecule is O=C(Nc1ccc(Cl)cn1)C1CC(c2ccc(F)cc2)=NO1. The van der Waals surface area contributed by atoms with Gasteiger partial charge in [0.15, 0.2) is 0 Å². The third-order valence-corrected chi connectivity index (χ3v) is 3.34. The molecule has 1 unspecified atom stereocenters. The van der Waals surface area contributed by atoms with E-state index in [4.69, 9.17) is 16.4 Å². The third kappa shape index (κ3) is 3.23. The van der Waals surface area contributed by atoms with Gasteiger partial charge in [0.25, 0.3) is 5.91 Å². The normalized spacial score (nSPS) is 16.8. The van der Waals surface area contributed by atoms with Crippen LogP contribution in [0, 0.1) is 5.82 Å². The summed E-state index contributed by atoms with van der Waals surface area (Å²) < 4.78 is 12.9. The van der Waals surface area contributed by atoms with Crippen LogP contribution < -0.4 is 5.32 Å². The zero-order chi connectivity index (χ0) is 15.5. The second-order valence-corrected chi connectivity index (χ2v) is 5.13. The van der Waals surface area contributed by atoms with E-state index in [0.29, 0.717) is 23.0 Å². The number of halogens is 2. The molecule has 1 aliphatic heterocycles. The molecule has 0 saturated carbocycles. The van der Waals surface area contributed by atoms with Crippen molar-refractivity contribution in [2.45, 2.75) is 12.5 Å². The maximum absolute atomic E-state index is 12.9.